The van der Waals surface area contributed by atoms with E-state index in [1.165, 1.54) is 0 Å². The lowest BCUT2D eigenvalue weighted by atomic mass is 10.2. The van der Waals surface area contributed by atoms with Gasteiger partial charge in [-0.1, -0.05) is 0 Å². The van der Waals surface area contributed by atoms with E-state index in [2.05, 4.69) is 31.1 Å². The first-order chi connectivity index (χ1) is 8.27. The van der Waals surface area contributed by atoms with Crippen LogP contribution in [0.3, 0.4) is 0 Å². The Morgan fingerprint density at radius 3 is 2.71 bits per heavy atom. The van der Waals surface area contributed by atoms with Crippen molar-refractivity contribution >= 4 is 38.3 Å². The third-order valence-electron chi connectivity index (χ3n) is 2.82. The Balaban J connectivity index is 2.16. The Morgan fingerprint density at radius 1 is 1.24 bits per heavy atom. The molecule has 2 N–H and O–H groups in total. The first kappa shape index (κ1) is 10.8. The fraction of sp³-hybridized carbons (Fsp3) is 0.400. The minimum atomic E-state index is 0.560. The van der Waals surface area contributed by atoms with E-state index in [1.807, 2.05) is 6.07 Å². The number of hydrogen-bond acceptors (Lipinski definition) is 6. The van der Waals surface area contributed by atoms with Gasteiger partial charge in [-0.25, -0.2) is 4.63 Å². The number of morpholine rings is 1. The number of halogens is 1. The van der Waals surface area contributed by atoms with E-state index in [4.69, 9.17) is 15.1 Å². The van der Waals surface area contributed by atoms with Crippen LogP contribution in [0.2, 0.25) is 0 Å². The monoisotopic (exact) mass is 298 g/mol. The zero-order chi connectivity index (χ0) is 11.8. The average molecular weight is 299 g/mol. The maximum atomic E-state index is 5.86. The molecule has 0 saturated carbocycles. The molecule has 2 heterocycles. The fourth-order valence-electron chi connectivity index (χ4n) is 2.01. The molecule has 1 aliphatic heterocycles. The summed E-state index contributed by atoms with van der Waals surface area (Å²) in [5.41, 5.74) is 8.70. The van der Waals surface area contributed by atoms with E-state index in [9.17, 15) is 0 Å². The number of aromatic nitrogens is 2. The van der Waals surface area contributed by atoms with Gasteiger partial charge in [-0.2, -0.15) is 0 Å². The quantitative estimate of drug-likeness (QED) is 0.802. The number of nitrogens with two attached hydrogens (primary N) is 1. The summed E-state index contributed by atoms with van der Waals surface area (Å²) in [7, 11) is 0. The van der Waals surface area contributed by atoms with Crippen molar-refractivity contribution in [2.45, 2.75) is 0 Å². The van der Waals surface area contributed by atoms with E-state index in [0.717, 1.165) is 23.2 Å². The van der Waals surface area contributed by atoms with Crippen LogP contribution in [0.25, 0.3) is 11.0 Å². The van der Waals surface area contributed by atoms with Gasteiger partial charge in [0.25, 0.3) is 0 Å². The molecule has 2 aromatic rings. The number of nitrogens with zero attached hydrogens (tertiary/aromatic N) is 3. The largest absolute Gasteiger partial charge is 0.397 e. The van der Waals surface area contributed by atoms with Gasteiger partial charge in [0.15, 0.2) is 11.0 Å². The van der Waals surface area contributed by atoms with Gasteiger partial charge in [-0.3, -0.25) is 0 Å². The van der Waals surface area contributed by atoms with Crippen LogP contribution in [0.5, 0.6) is 0 Å². The van der Waals surface area contributed by atoms with E-state index in [0.29, 0.717) is 29.9 Å². The van der Waals surface area contributed by atoms with Gasteiger partial charge >= 0.3 is 0 Å². The molecule has 1 aromatic carbocycles. The minimum absolute atomic E-state index is 0.560. The molecule has 6 nitrogen and oxygen atoms in total. The molecular weight excluding hydrogens is 288 g/mol. The van der Waals surface area contributed by atoms with E-state index in [-0.39, 0.29) is 0 Å². The second-order valence-corrected chi connectivity index (χ2v) is 4.71. The topological polar surface area (TPSA) is 77.4 Å². The zero-order valence-electron chi connectivity index (χ0n) is 9.02. The van der Waals surface area contributed by atoms with Gasteiger partial charge in [0.2, 0.25) is 0 Å². The fourth-order valence-corrected chi connectivity index (χ4v) is 2.69. The van der Waals surface area contributed by atoms with Crippen molar-refractivity contribution in [1.82, 2.24) is 10.3 Å². The summed E-state index contributed by atoms with van der Waals surface area (Å²) in [6, 6.07) is 1.83. The minimum Gasteiger partial charge on any atom is -0.397 e. The van der Waals surface area contributed by atoms with Gasteiger partial charge in [0.05, 0.1) is 24.6 Å². The number of nitrogen functional groups attached to an aromatic ring is 1. The van der Waals surface area contributed by atoms with Crippen LogP contribution < -0.4 is 10.6 Å². The number of anilines is 2. The van der Waals surface area contributed by atoms with E-state index in [1.54, 1.807) is 0 Å². The standard InChI is InChI=1S/C10H11BrN4O2/c11-6-5-7(12)8-9(14-17-13-8)10(6)15-1-3-16-4-2-15/h5H,1-4,12H2. The highest BCUT2D eigenvalue weighted by Gasteiger charge is 2.21. The highest BCUT2D eigenvalue weighted by atomic mass is 79.9. The van der Waals surface area contributed by atoms with Crippen molar-refractivity contribution in [3.05, 3.63) is 10.5 Å². The van der Waals surface area contributed by atoms with Crippen LogP contribution in [0, 0.1) is 0 Å². The smallest absolute Gasteiger partial charge is 0.161 e. The van der Waals surface area contributed by atoms with Crippen LogP contribution >= 0.6 is 15.9 Å². The van der Waals surface area contributed by atoms with Crippen LogP contribution in [-0.4, -0.2) is 36.6 Å². The normalized spacial score (nSPS) is 16.6. The Bertz CT molecular complexity index is 550. The molecule has 0 atom stereocenters. The first-order valence-electron chi connectivity index (χ1n) is 5.30. The zero-order valence-corrected chi connectivity index (χ0v) is 10.6. The Morgan fingerprint density at radius 2 is 1.94 bits per heavy atom. The molecule has 0 amide bonds. The summed E-state index contributed by atoms with van der Waals surface area (Å²) in [6.45, 7) is 3.07. The maximum Gasteiger partial charge on any atom is 0.161 e. The van der Waals surface area contributed by atoms with E-state index < -0.39 is 0 Å². The predicted octanol–water partition coefficient (Wildman–Crippen LogP) is 1.40. The average Bonchev–Trinajstić information content (AvgIpc) is 2.79. The summed E-state index contributed by atoms with van der Waals surface area (Å²) in [5.74, 6) is 0. The molecule has 0 spiro atoms. The van der Waals surface area contributed by atoms with Crippen molar-refractivity contribution in [3.63, 3.8) is 0 Å². The second kappa shape index (κ2) is 4.15. The Labute approximate surface area is 106 Å². The summed E-state index contributed by atoms with van der Waals surface area (Å²) in [5, 5.41) is 7.76. The molecule has 1 aliphatic rings. The lowest BCUT2D eigenvalue weighted by Crippen LogP contribution is -2.36. The maximum absolute atomic E-state index is 5.86. The van der Waals surface area contributed by atoms with Crippen LogP contribution in [-0.2, 0) is 4.74 Å². The predicted molar refractivity (Wildman–Crippen MR) is 66.9 cm³/mol. The number of benzene rings is 1. The SMILES string of the molecule is Nc1cc(Br)c(N2CCOCC2)c2nonc12. The molecule has 0 unspecified atom stereocenters. The van der Waals surface area contributed by atoms with Gasteiger partial charge in [0.1, 0.15) is 0 Å². The molecule has 1 saturated heterocycles. The summed E-state index contributed by atoms with van der Waals surface area (Å²) < 4.78 is 11.0. The first-order valence-corrected chi connectivity index (χ1v) is 6.09. The lowest BCUT2D eigenvalue weighted by Gasteiger charge is -2.29. The number of fused-ring (bicyclic) bond motifs is 1. The van der Waals surface area contributed by atoms with Crippen molar-refractivity contribution in [3.8, 4) is 0 Å². The van der Waals surface area contributed by atoms with Crippen LogP contribution in [0.4, 0.5) is 11.4 Å². The third-order valence-corrected chi connectivity index (χ3v) is 3.43. The molecule has 1 fully saturated rings. The number of ether oxygens (including phenoxy) is 1. The van der Waals surface area contributed by atoms with Gasteiger partial charge in [-0.05, 0) is 32.3 Å². The molecule has 3 rings (SSSR count). The van der Waals surface area contributed by atoms with E-state index >= 15 is 0 Å². The molecule has 0 bridgehead atoms. The Kier molecular flexibility index (Phi) is 2.64. The molecule has 90 valence electrons. The number of rotatable bonds is 1. The molecule has 7 heteroatoms. The molecule has 0 radical (unpaired) electrons. The second-order valence-electron chi connectivity index (χ2n) is 3.86. The molecular formula is C10H11BrN4O2. The van der Waals surface area contributed by atoms with Crippen LogP contribution in [0.1, 0.15) is 0 Å². The number of hydrogen-bond donors (Lipinski definition) is 1. The summed E-state index contributed by atoms with van der Waals surface area (Å²) in [4.78, 5) is 2.19. The van der Waals surface area contributed by atoms with Crippen molar-refractivity contribution in [2.75, 3.05) is 36.9 Å². The third kappa shape index (κ3) is 1.75. The lowest BCUT2D eigenvalue weighted by molar-refractivity contribution is 0.122. The van der Waals surface area contributed by atoms with Crippen LogP contribution in [0.15, 0.2) is 15.2 Å². The van der Waals surface area contributed by atoms with Gasteiger partial charge in [0, 0.05) is 17.6 Å². The van der Waals surface area contributed by atoms with Gasteiger partial charge in [-0.15, -0.1) is 0 Å². The molecule has 17 heavy (non-hydrogen) atoms. The molecule has 0 aliphatic carbocycles. The van der Waals surface area contributed by atoms with Crippen molar-refractivity contribution < 1.29 is 9.37 Å². The summed E-state index contributed by atoms with van der Waals surface area (Å²) >= 11 is 3.52. The molecule has 1 aromatic heterocycles. The summed E-state index contributed by atoms with van der Waals surface area (Å²) in [6.07, 6.45) is 0. The van der Waals surface area contributed by atoms with Crippen molar-refractivity contribution in [1.29, 1.82) is 0 Å². The Hall–Kier alpha value is -1.34. The highest BCUT2D eigenvalue weighted by Crippen LogP contribution is 2.36. The highest BCUT2D eigenvalue weighted by molar-refractivity contribution is 9.10. The van der Waals surface area contributed by atoms with Crippen molar-refractivity contribution in [2.24, 2.45) is 0 Å². The van der Waals surface area contributed by atoms with Gasteiger partial charge < -0.3 is 15.4 Å².